The van der Waals surface area contributed by atoms with Crippen LogP contribution in [-0.2, 0) is 0 Å². The number of aliphatic imine (C=N–C) groups is 1. The third kappa shape index (κ3) is 3.71. The van der Waals surface area contributed by atoms with Gasteiger partial charge in [-0.1, -0.05) is 0 Å². The van der Waals surface area contributed by atoms with Crippen molar-refractivity contribution >= 4 is 6.21 Å². The molecule has 3 heteroatoms. The largest absolute Gasteiger partial charge is 0.508 e. The Morgan fingerprint density at radius 1 is 1.38 bits per heavy atom. The minimum atomic E-state index is 0.285. The van der Waals surface area contributed by atoms with Gasteiger partial charge in [-0.05, 0) is 36.9 Å². The second-order valence-corrected chi connectivity index (χ2v) is 2.73. The number of hydrogen-bond donors (Lipinski definition) is 2. The summed E-state index contributed by atoms with van der Waals surface area (Å²) in [6.45, 7) is 1.66. The van der Waals surface area contributed by atoms with E-state index in [9.17, 15) is 0 Å². The van der Waals surface area contributed by atoms with E-state index in [1.165, 1.54) is 0 Å². The van der Waals surface area contributed by atoms with Gasteiger partial charge in [-0.2, -0.15) is 0 Å². The van der Waals surface area contributed by atoms with Crippen LogP contribution < -0.4 is 5.32 Å². The summed E-state index contributed by atoms with van der Waals surface area (Å²) in [5, 5.41) is 12.0. The molecular formula is C10H14N2O. The molecule has 3 nitrogen and oxygen atoms in total. The summed E-state index contributed by atoms with van der Waals surface area (Å²) in [7, 11) is 1.90. The summed E-state index contributed by atoms with van der Waals surface area (Å²) in [5.74, 6) is 0.285. The molecule has 13 heavy (non-hydrogen) atoms. The van der Waals surface area contributed by atoms with E-state index in [-0.39, 0.29) is 5.75 Å². The van der Waals surface area contributed by atoms with Gasteiger partial charge in [0.1, 0.15) is 5.75 Å². The van der Waals surface area contributed by atoms with Crippen molar-refractivity contribution in [2.24, 2.45) is 4.99 Å². The normalized spacial score (nSPS) is 10.8. The van der Waals surface area contributed by atoms with Crippen molar-refractivity contribution in [3.05, 3.63) is 29.8 Å². The number of benzene rings is 1. The van der Waals surface area contributed by atoms with Crippen molar-refractivity contribution in [2.75, 3.05) is 20.1 Å². The summed E-state index contributed by atoms with van der Waals surface area (Å²) < 4.78 is 0. The molecule has 0 spiro atoms. The van der Waals surface area contributed by atoms with Crippen LogP contribution in [0.2, 0.25) is 0 Å². The molecule has 0 atom stereocenters. The van der Waals surface area contributed by atoms with Gasteiger partial charge in [0.25, 0.3) is 0 Å². The zero-order valence-corrected chi connectivity index (χ0v) is 7.70. The summed E-state index contributed by atoms with van der Waals surface area (Å²) in [5.41, 5.74) is 1.01. The van der Waals surface area contributed by atoms with Gasteiger partial charge in [-0.3, -0.25) is 4.99 Å². The van der Waals surface area contributed by atoms with E-state index in [2.05, 4.69) is 10.3 Å². The third-order valence-corrected chi connectivity index (χ3v) is 1.62. The second kappa shape index (κ2) is 5.32. The van der Waals surface area contributed by atoms with Crippen molar-refractivity contribution < 1.29 is 5.11 Å². The minimum absolute atomic E-state index is 0.285. The predicted octanol–water partition coefficient (Wildman–Crippen LogP) is 1.03. The number of nitrogens with one attached hydrogen (secondary N) is 1. The fraction of sp³-hybridized carbons (Fsp3) is 0.300. The zero-order chi connectivity index (χ0) is 9.52. The SMILES string of the molecule is CNCCN=Cc1ccc(O)cc1. The van der Waals surface area contributed by atoms with Gasteiger partial charge in [-0.25, -0.2) is 0 Å². The Balaban J connectivity index is 2.44. The fourth-order valence-electron chi connectivity index (χ4n) is 0.907. The first-order valence-corrected chi connectivity index (χ1v) is 4.26. The van der Waals surface area contributed by atoms with E-state index in [1.54, 1.807) is 18.3 Å². The lowest BCUT2D eigenvalue weighted by Gasteiger charge is -1.94. The smallest absolute Gasteiger partial charge is 0.115 e. The maximum Gasteiger partial charge on any atom is 0.115 e. The number of hydrogen-bond acceptors (Lipinski definition) is 3. The van der Waals surface area contributed by atoms with Gasteiger partial charge in [0.05, 0.1) is 6.54 Å². The third-order valence-electron chi connectivity index (χ3n) is 1.62. The number of rotatable bonds is 4. The summed E-state index contributed by atoms with van der Waals surface area (Å²) in [6.07, 6.45) is 1.80. The van der Waals surface area contributed by atoms with E-state index >= 15 is 0 Å². The van der Waals surface area contributed by atoms with Gasteiger partial charge in [0, 0.05) is 12.8 Å². The number of aromatic hydroxyl groups is 1. The van der Waals surface area contributed by atoms with Crippen LogP contribution in [0.5, 0.6) is 5.75 Å². The molecule has 0 aliphatic carbocycles. The summed E-state index contributed by atoms with van der Waals surface area (Å²) >= 11 is 0. The van der Waals surface area contributed by atoms with Crippen molar-refractivity contribution in [3.8, 4) is 5.75 Å². The second-order valence-electron chi connectivity index (χ2n) is 2.73. The van der Waals surface area contributed by atoms with Gasteiger partial charge in [0.15, 0.2) is 0 Å². The van der Waals surface area contributed by atoms with Crippen LogP contribution in [0.15, 0.2) is 29.3 Å². The highest BCUT2D eigenvalue weighted by atomic mass is 16.3. The summed E-state index contributed by atoms with van der Waals surface area (Å²) in [4.78, 5) is 4.19. The number of phenolic OH excluding ortho intramolecular Hbond substituents is 1. The quantitative estimate of drug-likeness (QED) is 0.534. The molecule has 0 aliphatic rings. The maximum atomic E-state index is 9.01. The molecule has 70 valence electrons. The van der Waals surface area contributed by atoms with Crippen LogP contribution in [0.4, 0.5) is 0 Å². The molecule has 0 bridgehead atoms. The van der Waals surface area contributed by atoms with Crippen LogP contribution in [0.25, 0.3) is 0 Å². The monoisotopic (exact) mass is 178 g/mol. The minimum Gasteiger partial charge on any atom is -0.508 e. The molecule has 0 saturated carbocycles. The highest BCUT2D eigenvalue weighted by molar-refractivity contribution is 5.79. The van der Waals surface area contributed by atoms with E-state index in [1.807, 2.05) is 19.2 Å². The number of nitrogens with zero attached hydrogens (tertiary/aromatic N) is 1. The Labute approximate surface area is 78.1 Å². The number of likely N-dealkylation sites (N-methyl/N-ethyl adjacent to an activating group) is 1. The predicted molar refractivity (Wildman–Crippen MR) is 54.5 cm³/mol. The molecule has 0 aromatic heterocycles. The number of phenols is 1. The topological polar surface area (TPSA) is 44.6 Å². The van der Waals surface area contributed by atoms with Gasteiger partial charge >= 0.3 is 0 Å². The molecule has 1 aromatic carbocycles. The maximum absolute atomic E-state index is 9.01. The van der Waals surface area contributed by atoms with Crippen molar-refractivity contribution in [2.45, 2.75) is 0 Å². The Bertz CT molecular complexity index is 267. The molecule has 0 fully saturated rings. The average Bonchev–Trinajstić information content (AvgIpc) is 2.15. The lowest BCUT2D eigenvalue weighted by atomic mass is 10.2. The van der Waals surface area contributed by atoms with Crippen LogP contribution in [-0.4, -0.2) is 31.5 Å². The van der Waals surface area contributed by atoms with E-state index in [0.29, 0.717) is 0 Å². The van der Waals surface area contributed by atoms with E-state index in [0.717, 1.165) is 18.7 Å². The van der Waals surface area contributed by atoms with Gasteiger partial charge in [-0.15, -0.1) is 0 Å². The summed E-state index contributed by atoms with van der Waals surface area (Å²) in [6, 6.07) is 6.97. The van der Waals surface area contributed by atoms with Crippen molar-refractivity contribution in [1.82, 2.24) is 5.32 Å². The Kier molecular flexibility index (Phi) is 3.99. The molecule has 0 unspecified atom stereocenters. The Morgan fingerprint density at radius 2 is 2.08 bits per heavy atom. The molecular weight excluding hydrogens is 164 g/mol. The molecule has 2 N–H and O–H groups in total. The van der Waals surface area contributed by atoms with Crippen LogP contribution in [0.1, 0.15) is 5.56 Å². The lowest BCUT2D eigenvalue weighted by molar-refractivity contribution is 0.475. The first kappa shape index (κ1) is 9.74. The Hall–Kier alpha value is -1.35. The van der Waals surface area contributed by atoms with Gasteiger partial charge in [0.2, 0.25) is 0 Å². The molecule has 0 aliphatic heterocycles. The first-order chi connectivity index (χ1) is 6.33. The van der Waals surface area contributed by atoms with Crippen molar-refractivity contribution in [1.29, 1.82) is 0 Å². The molecule has 0 heterocycles. The average molecular weight is 178 g/mol. The fourth-order valence-corrected chi connectivity index (χ4v) is 0.907. The highest BCUT2D eigenvalue weighted by Gasteiger charge is 1.87. The van der Waals surface area contributed by atoms with E-state index in [4.69, 9.17) is 5.11 Å². The van der Waals surface area contributed by atoms with E-state index < -0.39 is 0 Å². The molecule has 0 radical (unpaired) electrons. The molecule has 0 amide bonds. The van der Waals surface area contributed by atoms with Crippen LogP contribution >= 0.6 is 0 Å². The Morgan fingerprint density at radius 3 is 2.69 bits per heavy atom. The zero-order valence-electron chi connectivity index (χ0n) is 7.70. The van der Waals surface area contributed by atoms with Crippen LogP contribution in [0.3, 0.4) is 0 Å². The van der Waals surface area contributed by atoms with Gasteiger partial charge < -0.3 is 10.4 Å². The standard InChI is InChI=1S/C10H14N2O/c1-11-6-7-12-8-9-2-4-10(13)5-3-9/h2-5,8,11,13H,6-7H2,1H3. The molecule has 1 rings (SSSR count). The molecule has 0 saturated heterocycles. The first-order valence-electron chi connectivity index (χ1n) is 4.26. The lowest BCUT2D eigenvalue weighted by Crippen LogP contribution is -2.10. The highest BCUT2D eigenvalue weighted by Crippen LogP contribution is 2.07. The van der Waals surface area contributed by atoms with Crippen LogP contribution in [0, 0.1) is 0 Å². The van der Waals surface area contributed by atoms with Crippen molar-refractivity contribution in [3.63, 3.8) is 0 Å². The molecule has 1 aromatic rings.